The Morgan fingerprint density at radius 2 is 2.42 bits per heavy atom. The third kappa shape index (κ3) is 2.33. The van der Waals surface area contributed by atoms with Crippen LogP contribution >= 0.6 is 0 Å². The van der Waals surface area contributed by atoms with E-state index < -0.39 is 0 Å². The molecule has 0 aliphatic rings. The lowest BCUT2D eigenvalue weighted by Crippen LogP contribution is -2.07. The first-order chi connectivity index (χ1) is 5.86. The van der Waals surface area contributed by atoms with Crippen LogP contribution in [0.4, 0.5) is 0 Å². The van der Waals surface area contributed by atoms with Gasteiger partial charge in [0.2, 0.25) is 0 Å². The maximum Gasteiger partial charge on any atom is 0.0749 e. The molecule has 3 nitrogen and oxygen atoms in total. The van der Waals surface area contributed by atoms with Gasteiger partial charge in [0.25, 0.3) is 0 Å². The van der Waals surface area contributed by atoms with Gasteiger partial charge in [0.15, 0.2) is 0 Å². The average molecular weight is 162 g/mol. The fraction of sp³-hybridized carbons (Fsp3) is 0.333. The van der Waals surface area contributed by atoms with E-state index in [4.69, 9.17) is 10.4 Å². The largest absolute Gasteiger partial charge is 0.395 e. The van der Waals surface area contributed by atoms with Gasteiger partial charge in [0.1, 0.15) is 0 Å². The van der Waals surface area contributed by atoms with Crippen LogP contribution in [0.5, 0.6) is 0 Å². The molecule has 0 aliphatic heterocycles. The van der Waals surface area contributed by atoms with Gasteiger partial charge < -0.3 is 5.11 Å². The first kappa shape index (κ1) is 8.69. The van der Waals surface area contributed by atoms with Crippen molar-refractivity contribution in [3.05, 3.63) is 30.1 Å². The Labute approximate surface area is 71.3 Å². The molecule has 0 radical (unpaired) electrons. The van der Waals surface area contributed by atoms with E-state index in [2.05, 4.69) is 4.98 Å². The minimum absolute atomic E-state index is 0.104. The normalized spacial score (nSPS) is 12.0. The molecule has 1 atom stereocenters. The van der Waals surface area contributed by atoms with Crippen LogP contribution in [0.3, 0.4) is 0 Å². The Bertz CT molecular complexity index is 266. The van der Waals surface area contributed by atoms with E-state index in [0.717, 1.165) is 5.69 Å². The molecule has 0 bridgehead atoms. The summed E-state index contributed by atoms with van der Waals surface area (Å²) >= 11 is 0. The topological polar surface area (TPSA) is 56.9 Å². The lowest BCUT2D eigenvalue weighted by atomic mass is 10.1. The maximum atomic E-state index is 8.74. The molecule has 62 valence electrons. The third-order valence-corrected chi connectivity index (χ3v) is 1.58. The molecule has 0 fully saturated rings. The summed E-state index contributed by atoms with van der Waals surface area (Å²) in [5.41, 5.74) is 0.845. The van der Waals surface area contributed by atoms with Crippen molar-refractivity contribution >= 4 is 0 Å². The molecule has 1 N–H and O–H groups in total. The number of nitrogens with zero attached hydrogens (tertiary/aromatic N) is 2. The second-order valence-electron chi connectivity index (χ2n) is 2.53. The van der Waals surface area contributed by atoms with E-state index in [-0.39, 0.29) is 12.5 Å². The molecule has 3 heteroatoms. The monoisotopic (exact) mass is 162 g/mol. The minimum atomic E-state index is -0.333. The van der Waals surface area contributed by atoms with Crippen molar-refractivity contribution in [1.82, 2.24) is 4.98 Å². The van der Waals surface area contributed by atoms with Crippen molar-refractivity contribution in [2.75, 3.05) is 6.61 Å². The molecule has 0 amide bonds. The molecule has 12 heavy (non-hydrogen) atoms. The van der Waals surface area contributed by atoms with Crippen LogP contribution in [0.25, 0.3) is 0 Å². The Balaban J connectivity index is 2.58. The van der Waals surface area contributed by atoms with Crippen molar-refractivity contribution in [2.24, 2.45) is 5.92 Å². The SMILES string of the molecule is N#C[C@H](CO)Cc1ccccn1. The Kier molecular flexibility index (Phi) is 3.24. The predicted octanol–water partition coefficient (Wildman–Crippen LogP) is 0.756. The van der Waals surface area contributed by atoms with Crippen molar-refractivity contribution in [2.45, 2.75) is 6.42 Å². The zero-order valence-corrected chi connectivity index (χ0v) is 6.64. The summed E-state index contributed by atoms with van der Waals surface area (Å²) in [5.74, 6) is -0.333. The Morgan fingerprint density at radius 1 is 1.58 bits per heavy atom. The van der Waals surface area contributed by atoms with Crippen LogP contribution in [0.2, 0.25) is 0 Å². The molecule has 0 unspecified atom stereocenters. The van der Waals surface area contributed by atoms with Crippen molar-refractivity contribution in [3.8, 4) is 6.07 Å². The van der Waals surface area contributed by atoms with Crippen LogP contribution in [0, 0.1) is 17.2 Å². The van der Waals surface area contributed by atoms with Gasteiger partial charge in [0, 0.05) is 18.3 Å². The highest BCUT2D eigenvalue weighted by Gasteiger charge is 2.06. The summed E-state index contributed by atoms with van der Waals surface area (Å²) in [4.78, 5) is 4.05. The number of aromatic nitrogens is 1. The highest BCUT2D eigenvalue weighted by atomic mass is 16.3. The van der Waals surface area contributed by atoms with Crippen molar-refractivity contribution in [1.29, 1.82) is 5.26 Å². The third-order valence-electron chi connectivity index (χ3n) is 1.58. The molecule has 1 heterocycles. The molecular weight excluding hydrogens is 152 g/mol. The summed E-state index contributed by atoms with van der Waals surface area (Å²) in [5, 5.41) is 17.3. The van der Waals surface area contributed by atoms with Gasteiger partial charge in [-0.3, -0.25) is 4.98 Å². The summed E-state index contributed by atoms with van der Waals surface area (Å²) in [6.45, 7) is -0.104. The number of hydrogen-bond acceptors (Lipinski definition) is 3. The van der Waals surface area contributed by atoms with Crippen molar-refractivity contribution in [3.63, 3.8) is 0 Å². The fourth-order valence-electron chi connectivity index (χ4n) is 0.922. The highest BCUT2D eigenvalue weighted by molar-refractivity contribution is 5.06. The zero-order valence-electron chi connectivity index (χ0n) is 6.64. The van der Waals surface area contributed by atoms with Gasteiger partial charge in [-0.25, -0.2) is 0 Å². The van der Waals surface area contributed by atoms with Gasteiger partial charge in [-0.05, 0) is 12.1 Å². The van der Waals surface area contributed by atoms with Crippen LogP contribution in [-0.2, 0) is 6.42 Å². The lowest BCUT2D eigenvalue weighted by Gasteiger charge is -2.02. The summed E-state index contributed by atoms with van der Waals surface area (Å²) in [6, 6.07) is 7.55. The Hall–Kier alpha value is -1.40. The number of aliphatic hydroxyl groups excluding tert-OH is 1. The summed E-state index contributed by atoms with van der Waals surface area (Å²) in [6.07, 6.45) is 2.20. The first-order valence-corrected chi connectivity index (χ1v) is 3.77. The summed E-state index contributed by atoms with van der Waals surface area (Å²) in [7, 11) is 0. The van der Waals surface area contributed by atoms with Crippen molar-refractivity contribution < 1.29 is 5.11 Å². The summed E-state index contributed by atoms with van der Waals surface area (Å²) < 4.78 is 0. The fourth-order valence-corrected chi connectivity index (χ4v) is 0.922. The van der Waals surface area contributed by atoms with Crippen LogP contribution < -0.4 is 0 Å². The van der Waals surface area contributed by atoms with E-state index in [1.54, 1.807) is 6.20 Å². The Morgan fingerprint density at radius 3 is 2.92 bits per heavy atom. The highest BCUT2D eigenvalue weighted by Crippen LogP contribution is 2.03. The van der Waals surface area contributed by atoms with Crippen LogP contribution in [0.1, 0.15) is 5.69 Å². The van der Waals surface area contributed by atoms with E-state index in [1.807, 2.05) is 24.3 Å². The molecule has 0 aliphatic carbocycles. The van der Waals surface area contributed by atoms with Gasteiger partial charge in [-0.1, -0.05) is 6.07 Å². The first-order valence-electron chi connectivity index (χ1n) is 3.77. The molecule has 0 saturated carbocycles. The van der Waals surface area contributed by atoms with E-state index >= 15 is 0 Å². The second-order valence-corrected chi connectivity index (χ2v) is 2.53. The minimum Gasteiger partial charge on any atom is -0.395 e. The zero-order chi connectivity index (χ0) is 8.81. The number of nitriles is 1. The number of aliphatic hydroxyl groups is 1. The smallest absolute Gasteiger partial charge is 0.0749 e. The molecule has 1 aromatic rings. The standard InChI is InChI=1S/C9H10N2O/c10-6-8(7-12)5-9-3-1-2-4-11-9/h1-4,8,12H,5,7H2/t8-/m1/s1. The van der Waals surface area contributed by atoms with Gasteiger partial charge in [0.05, 0.1) is 18.6 Å². The van der Waals surface area contributed by atoms with Gasteiger partial charge in [-0.15, -0.1) is 0 Å². The van der Waals surface area contributed by atoms with E-state index in [0.29, 0.717) is 6.42 Å². The average Bonchev–Trinajstić information content (AvgIpc) is 2.16. The van der Waals surface area contributed by atoms with Crippen LogP contribution in [-0.4, -0.2) is 16.7 Å². The molecule has 1 aromatic heterocycles. The molecule has 0 saturated heterocycles. The van der Waals surface area contributed by atoms with E-state index in [1.165, 1.54) is 0 Å². The maximum absolute atomic E-state index is 8.74. The lowest BCUT2D eigenvalue weighted by molar-refractivity contribution is 0.255. The number of hydrogen-bond donors (Lipinski definition) is 1. The predicted molar refractivity (Wildman–Crippen MR) is 44.1 cm³/mol. The molecular formula is C9H10N2O. The van der Waals surface area contributed by atoms with Gasteiger partial charge >= 0.3 is 0 Å². The van der Waals surface area contributed by atoms with Crippen LogP contribution in [0.15, 0.2) is 24.4 Å². The number of rotatable bonds is 3. The second kappa shape index (κ2) is 4.47. The molecule has 0 spiro atoms. The number of pyridine rings is 1. The molecule has 1 rings (SSSR count). The van der Waals surface area contributed by atoms with E-state index in [9.17, 15) is 0 Å². The van der Waals surface area contributed by atoms with Gasteiger partial charge in [-0.2, -0.15) is 5.26 Å². The quantitative estimate of drug-likeness (QED) is 0.713. The molecule has 0 aromatic carbocycles.